The molecule has 4 nitrogen and oxygen atoms in total. The molecule has 0 amide bonds. The number of aromatic nitrogens is 3. The van der Waals surface area contributed by atoms with Gasteiger partial charge in [-0.1, -0.05) is 11.6 Å². The van der Waals surface area contributed by atoms with Gasteiger partial charge >= 0.3 is 0 Å². The SMILES string of the molecule is CC(Nc1ccc(Cl)c2ncccc12)c1ccn[nH]1. The monoisotopic (exact) mass is 272 g/mol. The number of halogens is 1. The lowest BCUT2D eigenvalue weighted by Crippen LogP contribution is -2.07. The fraction of sp³-hybridized carbons (Fsp3) is 0.143. The highest BCUT2D eigenvalue weighted by Crippen LogP contribution is 2.30. The summed E-state index contributed by atoms with van der Waals surface area (Å²) in [5.74, 6) is 0. The van der Waals surface area contributed by atoms with E-state index in [2.05, 4.69) is 27.4 Å². The number of benzene rings is 1. The fourth-order valence-electron chi connectivity index (χ4n) is 2.08. The molecule has 3 aromatic rings. The molecule has 5 heteroatoms. The summed E-state index contributed by atoms with van der Waals surface area (Å²) in [4.78, 5) is 4.32. The topological polar surface area (TPSA) is 53.6 Å². The third kappa shape index (κ3) is 2.27. The van der Waals surface area contributed by atoms with Crippen LogP contribution in [0.4, 0.5) is 5.69 Å². The number of hydrogen-bond donors (Lipinski definition) is 2. The molecule has 19 heavy (non-hydrogen) atoms. The number of rotatable bonds is 3. The summed E-state index contributed by atoms with van der Waals surface area (Å²) in [5, 5.41) is 12.0. The molecule has 0 saturated heterocycles. The third-order valence-corrected chi connectivity index (χ3v) is 3.39. The molecule has 0 spiro atoms. The Balaban J connectivity index is 2.00. The normalized spacial score (nSPS) is 12.5. The minimum atomic E-state index is 0.132. The number of nitrogens with one attached hydrogen (secondary N) is 2. The Kier molecular flexibility index (Phi) is 3.09. The van der Waals surface area contributed by atoms with Gasteiger partial charge in [-0.05, 0) is 37.3 Å². The first-order valence-electron chi connectivity index (χ1n) is 6.05. The van der Waals surface area contributed by atoms with Crippen molar-refractivity contribution in [1.82, 2.24) is 15.2 Å². The first kappa shape index (κ1) is 12.0. The molecular formula is C14H13ClN4. The third-order valence-electron chi connectivity index (χ3n) is 3.08. The van der Waals surface area contributed by atoms with E-state index in [-0.39, 0.29) is 6.04 Å². The number of pyridine rings is 1. The van der Waals surface area contributed by atoms with E-state index in [9.17, 15) is 0 Å². The van der Waals surface area contributed by atoms with Crippen LogP contribution in [0.5, 0.6) is 0 Å². The van der Waals surface area contributed by atoms with Crippen molar-refractivity contribution in [2.24, 2.45) is 0 Å². The summed E-state index contributed by atoms with van der Waals surface area (Å²) in [6.07, 6.45) is 3.49. The lowest BCUT2D eigenvalue weighted by molar-refractivity contribution is 0.827. The van der Waals surface area contributed by atoms with Crippen molar-refractivity contribution in [3.63, 3.8) is 0 Å². The Labute approximate surface area is 115 Å². The Morgan fingerprint density at radius 1 is 1.21 bits per heavy atom. The van der Waals surface area contributed by atoms with E-state index in [1.54, 1.807) is 12.4 Å². The maximum atomic E-state index is 6.16. The second-order valence-corrected chi connectivity index (χ2v) is 4.78. The lowest BCUT2D eigenvalue weighted by Gasteiger charge is -2.15. The molecule has 0 saturated carbocycles. The average Bonchev–Trinajstić information content (AvgIpc) is 2.96. The highest BCUT2D eigenvalue weighted by Gasteiger charge is 2.10. The maximum absolute atomic E-state index is 6.16. The molecule has 0 aliphatic heterocycles. The number of H-pyrrole nitrogens is 1. The van der Waals surface area contributed by atoms with Crippen molar-refractivity contribution in [3.05, 3.63) is 53.4 Å². The number of nitrogens with zero attached hydrogens (tertiary/aromatic N) is 2. The van der Waals surface area contributed by atoms with Crippen molar-refractivity contribution in [1.29, 1.82) is 0 Å². The molecule has 1 aromatic carbocycles. The fourth-order valence-corrected chi connectivity index (χ4v) is 2.30. The van der Waals surface area contributed by atoms with Gasteiger partial charge in [0.2, 0.25) is 0 Å². The molecule has 2 N–H and O–H groups in total. The van der Waals surface area contributed by atoms with Gasteiger partial charge in [0.15, 0.2) is 0 Å². The van der Waals surface area contributed by atoms with Gasteiger partial charge in [-0.25, -0.2) is 0 Å². The molecule has 0 radical (unpaired) electrons. The molecule has 3 rings (SSSR count). The zero-order valence-electron chi connectivity index (χ0n) is 10.4. The summed E-state index contributed by atoms with van der Waals surface area (Å²) in [7, 11) is 0. The van der Waals surface area contributed by atoms with E-state index in [0.717, 1.165) is 22.3 Å². The van der Waals surface area contributed by atoms with E-state index in [4.69, 9.17) is 11.6 Å². The van der Waals surface area contributed by atoms with Crippen LogP contribution >= 0.6 is 11.6 Å². The van der Waals surface area contributed by atoms with Crippen LogP contribution in [0.1, 0.15) is 18.7 Å². The van der Waals surface area contributed by atoms with Gasteiger partial charge in [-0.15, -0.1) is 0 Å². The van der Waals surface area contributed by atoms with Gasteiger partial charge in [0.05, 0.1) is 22.3 Å². The first-order chi connectivity index (χ1) is 9.25. The van der Waals surface area contributed by atoms with Crippen LogP contribution < -0.4 is 5.32 Å². The standard InChI is InChI=1S/C14H13ClN4/c1-9(12-6-8-17-19-12)18-13-5-4-11(15)14-10(13)3-2-7-16-14/h2-9,18H,1H3,(H,17,19). The van der Waals surface area contributed by atoms with Crippen LogP contribution in [-0.2, 0) is 0 Å². The summed E-state index contributed by atoms with van der Waals surface area (Å²) >= 11 is 6.16. The molecule has 0 fully saturated rings. The number of anilines is 1. The molecule has 96 valence electrons. The summed E-state index contributed by atoms with van der Waals surface area (Å²) < 4.78 is 0. The molecule has 2 heterocycles. The van der Waals surface area contributed by atoms with Crippen molar-refractivity contribution in [2.45, 2.75) is 13.0 Å². The van der Waals surface area contributed by atoms with Crippen LogP contribution in [0.15, 0.2) is 42.7 Å². The second-order valence-electron chi connectivity index (χ2n) is 4.37. The number of hydrogen-bond acceptors (Lipinski definition) is 3. The predicted molar refractivity (Wildman–Crippen MR) is 77.4 cm³/mol. The largest absolute Gasteiger partial charge is 0.376 e. The molecule has 0 aliphatic carbocycles. The van der Waals surface area contributed by atoms with Crippen molar-refractivity contribution in [3.8, 4) is 0 Å². The van der Waals surface area contributed by atoms with Crippen molar-refractivity contribution < 1.29 is 0 Å². The minimum absolute atomic E-state index is 0.132. The quantitative estimate of drug-likeness (QED) is 0.763. The zero-order chi connectivity index (χ0) is 13.2. The van der Waals surface area contributed by atoms with Crippen molar-refractivity contribution in [2.75, 3.05) is 5.32 Å². The number of fused-ring (bicyclic) bond motifs is 1. The average molecular weight is 273 g/mol. The van der Waals surface area contributed by atoms with Crippen LogP contribution in [-0.4, -0.2) is 15.2 Å². The smallest absolute Gasteiger partial charge is 0.0908 e. The first-order valence-corrected chi connectivity index (χ1v) is 6.42. The Morgan fingerprint density at radius 3 is 2.89 bits per heavy atom. The lowest BCUT2D eigenvalue weighted by atomic mass is 10.1. The molecule has 1 atom stereocenters. The van der Waals surface area contributed by atoms with Gasteiger partial charge in [-0.2, -0.15) is 5.10 Å². The molecular weight excluding hydrogens is 260 g/mol. The molecule has 0 bridgehead atoms. The summed E-state index contributed by atoms with van der Waals surface area (Å²) in [6.45, 7) is 2.07. The Hall–Kier alpha value is -2.07. The van der Waals surface area contributed by atoms with E-state index < -0.39 is 0 Å². The second kappa shape index (κ2) is 4.90. The molecule has 2 aromatic heterocycles. The highest BCUT2D eigenvalue weighted by atomic mass is 35.5. The van der Waals surface area contributed by atoms with Crippen LogP contribution in [0.2, 0.25) is 5.02 Å². The zero-order valence-corrected chi connectivity index (χ0v) is 11.1. The van der Waals surface area contributed by atoms with E-state index >= 15 is 0 Å². The molecule has 0 aliphatic rings. The molecule has 1 unspecified atom stereocenters. The minimum Gasteiger partial charge on any atom is -0.376 e. The maximum Gasteiger partial charge on any atom is 0.0908 e. The van der Waals surface area contributed by atoms with E-state index in [1.807, 2.05) is 30.3 Å². The Morgan fingerprint density at radius 2 is 2.11 bits per heavy atom. The highest BCUT2D eigenvalue weighted by molar-refractivity contribution is 6.35. The number of aromatic amines is 1. The van der Waals surface area contributed by atoms with Gasteiger partial charge in [0, 0.05) is 23.5 Å². The van der Waals surface area contributed by atoms with Gasteiger partial charge in [0.1, 0.15) is 0 Å². The van der Waals surface area contributed by atoms with Crippen LogP contribution in [0.3, 0.4) is 0 Å². The summed E-state index contributed by atoms with van der Waals surface area (Å²) in [5.41, 5.74) is 2.85. The Bertz CT molecular complexity index is 694. The van der Waals surface area contributed by atoms with Gasteiger partial charge < -0.3 is 5.32 Å². The predicted octanol–water partition coefficient (Wildman–Crippen LogP) is 3.78. The van der Waals surface area contributed by atoms with Gasteiger partial charge in [0.25, 0.3) is 0 Å². The van der Waals surface area contributed by atoms with E-state index in [1.165, 1.54) is 0 Å². The van der Waals surface area contributed by atoms with Crippen molar-refractivity contribution >= 4 is 28.2 Å². The van der Waals surface area contributed by atoms with Crippen LogP contribution in [0, 0.1) is 0 Å². The van der Waals surface area contributed by atoms with Gasteiger partial charge in [-0.3, -0.25) is 10.1 Å². The summed E-state index contributed by atoms with van der Waals surface area (Å²) in [6, 6.07) is 9.83. The van der Waals surface area contributed by atoms with Crippen LogP contribution in [0.25, 0.3) is 10.9 Å². The van der Waals surface area contributed by atoms with E-state index in [0.29, 0.717) is 5.02 Å².